The maximum atomic E-state index is 11.8. The third-order valence-electron chi connectivity index (χ3n) is 5.22. The Hall–Kier alpha value is -1.24. The molecule has 2 heterocycles. The topological polar surface area (TPSA) is 229 Å². The van der Waals surface area contributed by atoms with Crippen molar-refractivity contribution in [3.63, 3.8) is 0 Å². The highest BCUT2D eigenvalue weighted by molar-refractivity contribution is 7.66. The second kappa shape index (κ2) is 7.42. The van der Waals surface area contributed by atoms with Crippen LogP contribution in [0.15, 0.2) is 12.7 Å². The molecule has 15 nitrogen and oxygen atoms in total. The predicted octanol–water partition coefficient (Wildman–Crippen LogP) is 0.949. The summed E-state index contributed by atoms with van der Waals surface area (Å²) in [5.41, 5.74) is 6.93. The van der Waals surface area contributed by atoms with Crippen LogP contribution < -0.4 is 5.73 Å². The molecule has 6 N–H and O–H groups in total. The predicted molar refractivity (Wildman–Crippen MR) is 98.3 cm³/mol. The fourth-order valence-corrected chi connectivity index (χ4v) is 7.10. The van der Waals surface area contributed by atoms with E-state index >= 15 is 0 Å². The van der Waals surface area contributed by atoms with Crippen LogP contribution in [0.2, 0.25) is 0 Å². The number of hydrogen-bond acceptors (Lipinski definition) is 10. The number of fused-ring (bicyclic) bond motifs is 2. The van der Waals surface area contributed by atoms with Gasteiger partial charge in [-0.3, -0.25) is 4.52 Å². The number of phosphoric ester groups is 1. The molecule has 2 aliphatic rings. The molecule has 0 aliphatic heterocycles. The van der Waals surface area contributed by atoms with Gasteiger partial charge in [-0.25, -0.2) is 28.6 Å². The Morgan fingerprint density at radius 3 is 2.33 bits per heavy atom. The Bertz CT molecular complexity index is 1110. The van der Waals surface area contributed by atoms with Crippen molar-refractivity contribution in [1.29, 1.82) is 0 Å². The maximum Gasteiger partial charge on any atom is 0.490 e. The Morgan fingerprint density at radius 2 is 1.70 bits per heavy atom. The quantitative estimate of drug-likeness (QED) is 0.328. The molecule has 166 valence electrons. The molecular formula is C12H18N5O10P3. The lowest BCUT2D eigenvalue weighted by Crippen LogP contribution is -2.11. The van der Waals surface area contributed by atoms with Gasteiger partial charge in [-0.1, -0.05) is 0 Å². The second-order valence-corrected chi connectivity index (χ2v) is 11.5. The minimum absolute atomic E-state index is 0.0689. The molecule has 0 aromatic carbocycles. The smallest absolute Gasteiger partial charge is 0.382 e. The van der Waals surface area contributed by atoms with E-state index in [1.807, 2.05) is 4.57 Å². The van der Waals surface area contributed by atoms with E-state index in [1.54, 1.807) is 6.33 Å². The number of imidazole rings is 1. The van der Waals surface area contributed by atoms with Crippen molar-refractivity contribution in [2.75, 3.05) is 12.3 Å². The lowest BCUT2D eigenvalue weighted by atomic mass is 10.1. The normalized spacial score (nSPS) is 30.0. The van der Waals surface area contributed by atoms with Crippen molar-refractivity contribution >= 4 is 40.4 Å². The van der Waals surface area contributed by atoms with Crippen LogP contribution in [0.4, 0.5) is 5.82 Å². The summed E-state index contributed by atoms with van der Waals surface area (Å²) in [5, 5.41) is 0. The summed E-state index contributed by atoms with van der Waals surface area (Å²) < 4.78 is 47.8. The summed E-state index contributed by atoms with van der Waals surface area (Å²) in [6.07, 6.45) is 4.48. The van der Waals surface area contributed by atoms with Gasteiger partial charge in [0.25, 0.3) is 0 Å². The van der Waals surface area contributed by atoms with E-state index in [9.17, 15) is 18.6 Å². The van der Waals surface area contributed by atoms with Gasteiger partial charge in [0.15, 0.2) is 11.5 Å². The fourth-order valence-electron chi connectivity index (χ4n) is 4.04. The van der Waals surface area contributed by atoms with Crippen LogP contribution in [0.25, 0.3) is 11.2 Å². The molecule has 0 amide bonds. The van der Waals surface area contributed by atoms with E-state index in [-0.39, 0.29) is 36.2 Å². The Kier molecular flexibility index (Phi) is 5.43. The second-order valence-electron chi connectivity index (χ2n) is 7.09. The first-order valence-corrected chi connectivity index (χ1v) is 13.1. The zero-order valence-corrected chi connectivity index (χ0v) is 17.7. The van der Waals surface area contributed by atoms with Crippen LogP contribution in [0.5, 0.6) is 0 Å². The number of rotatable bonds is 8. The van der Waals surface area contributed by atoms with E-state index in [1.165, 1.54) is 6.33 Å². The third-order valence-corrected chi connectivity index (χ3v) is 9.03. The first kappa shape index (κ1) is 22.0. The van der Waals surface area contributed by atoms with Crippen LogP contribution >= 0.6 is 23.5 Å². The molecule has 2 saturated carbocycles. The van der Waals surface area contributed by atoms with E-state index in [2.05, 4.69) is 23.6 Å². The Balaban J connectivity index is 1.31. The minimum atomic E-state index is -5.50. The molecule has 0 bridgehead atoms. The molecule has 6 atom stereocenters. The number of hydrogen-bond donors (Lipinski definition) is 5. The van der Waals surface area contributed by atoms with Crippen LogP contribution in [-0.4, -0.2) is 45.7 Å². The van der Waals surface area contributed by atoms with E-state index in [0.717, 1.165) is 12.8 Å². The molecular weight excluding hydrogens is 467 g/mol. The monoisotopic (exact) mass is 485 g/mol. The number of nitrogen functional groups attached to an aromatic ring is 1. The first-order chi connectivity index (χ1) is 13.9. The van der Waals surface area contributed by atoms with Crippen molar-refractivity contribution in [2.24, 2.45) is 17.8 Å². The Labute approximate surface area is 168 Å². The zero-order chi connectivity index (χ0) is 21.9. The SMILES string of the molecule is Nc1ncnc2c1ncn2C1CC2C(COP(=O)(O)OP(=O)(O)OP(=O)(O)O)[C@H]2C1. The average Bonchev–Trinajstić information content (AvgIpc) is 2.95. The van der Waals surface area contributed by atoms with Gasteiger partial charge >= 0.3 is 23.5 Å². The van der Waals surface area contributed by atoms with E-state index in [4.69, 9.17) is 24.9 Å². The molecule has 2 fully saturated rings. The molecule has 18 heteroatoms. The van der Waals surface area contributed by atoms with Crippen molar-refractivity contribution in [1.82, 2.24) is 19.5 Å². The number of anilines is 1. The molecule has 0 radical (unpaired) electrons. The lowest BCUT2D eigenvalue weighted by molar-refractivity contribution is 0.161. The van der Waals surface area contributed by atoms with Crippen LogP contribution in [0.3, 0.4) is 0 Å². The summed E-state index contributed by atoms with van der Waals surface area (Å²) in [7, 11) is -16.0. The van der Waals surface area contributed by atoms with E-state index in [0.29, 0.717) is 11.2 Å². The zero-order valence-electron chi connectivity index (χ0n) is 15.0. The van der Waals surface area contributed by atoms with Gasteiger partial charge < -0.3 is 29.9 Å². The molecule has 2 aromatic heterocycles. The van der Waals surface area contributed by atoms with Crippen molar-refractivity contribution in [2.45, 2.75) is 18.9 Å². The molecule has 5 unspecified atom stereocenters. The van der Waals surface area contributed by atoms with Crippen molar-refractivity contribution < 1.29 is 46.4 Å². The highest BCUT2D eigenvalue weighted by Crippen LogP contribution is 2.68. The summed E-state index contributed by atoms with van der Waals surface area (Å²) >= 11 is 0. The van der Waals surface area contributed by atoms with Gasteiger partial charge in [-0.15, -0.1) is 0 Å². The van der Waals surface area contributed by atoms with Gasteiger partial charge in [0.05, 0.1) is 12.9 Å². The first-order valence-electron chi connectivity index (χ1n) is 8.56. The standard InChI is InChI=1S/C12H18N5O10P3/c13-11-10-12(15-4-14-11)17(5-16-10)6-1-7-8(2-6)9(7)3-25-29(21,22)27-30(23,24)26-28(18,19)20/h4-9H,1-3H2,(H,21,22)(H,23,24)(H2,13,14,15)(H2,18,19,20)/t6?,7-,8?,9?/m0/s1. The average molecular weight is 485 g/mol. The fraction of sp³-hybridized carbons (Fsp3) is 0.583. The molecule has 0 spiro atoms. The van der Waals surface area contributed by atoms with E-state index < -0.39 is 23.5 Å². The van der Waals surface area contributed by atoms with Gasteiger partial charge in [-0.2, -0.15) is 8.62 Å². The highest BCUT2D eigenvalue weighted by Gasteiger charge is 2.57. The molecule has 0 saturated heterocycles. The number of nitrogens with zero attached hydrogens (tertiary/aromatic N) is 4. The van der Waals surface area contributed by atoms with Crippen molar-refractivity contribution in [3.05, 3.63) is 12.7 Å². The lowest BCUT2D eigenvalue weighted by Gasteiger charge is -2.18. The Morgan fingerprint density at radius 1 is 1.03 bits per heavy atom. The number of nitrogens with two attached hydrogens (primary N) is 1. The molecule has 2 aliphatic carbocycles. The molecule has 4 rings (SSSR count). The summed E-state index contributed by atoms with van der Waals surface area (Å²) in [5.74, 6) is 0.606. The molecule has 2 aromatic rings. The molecule has 30 heavy (non-hydrogen) atoms. The highest BCUT2D eigenvalue weighted by atomic mass is 31.3. The number of aromatic nitrogens is 4. The largest absolute Gasteiger partial charge is 0.490 e. The summed E-state index contributed by atoms with van der Waals surface area (Å²) in [4.78, 5) is 48.1. The van der Waals surface area contributed by atoms with Gasteiger partial charge in [0, 0.05) is 6.04 Å². The van der Waals surface area contributed by atoms with Crippen LogP contribution in [-0.2, 0) is 26.8 Å². The van der Waals surface area contributed by atoms with Gasteiger partial charge in [0.2, 0.25) is 0 Å². The van der Waals surface area contributed by atoms with Crippen molar-refractivity contribution in [3.8, 4) is 0 Å². The number of phosphoric acid groups is 3. The minimum Gasteiger partial charge on any atom is -0.382 e. The third kappa shape index (κ3) is 4.66. The van der Waals surface area contributed by atoms with Gasteiger partial charge in [-0.05, 0) is 30.6 Å². The van der Waals surface area contributed by atoms with Gasteiger partial charge in [0.1, 0.15) is 11.8 Å². The maximum absolute atomic E-state index is 11.8. The summed E-state index contributed by atoms with van der Waals surface area (Å²) in [6, 6.07) is 0.113. The van der Waals surface area contributed by atoms with Crippen LogP contribution in [0.1, 0.15) is 18.9 Å². The summed E-state index contributed by atoms with van der Waals surface area (Å²) in [6.45, 7) is -0.231. The van der Waals surface area contributed by atoms with Crippen LogP contribution in [0, 0.1) is 17.8 Å².